The number of hydrogen-bond acceptors (Lipinski definition) is 5. The van der Waals surface area contributed by atoms with E-state index in [-0.39, 0.29) is 5.91 Å². The molecule has 1 aromatic carbocycles. The van der Waals surface area contributed by atoms with Crippen molar-refractivity contribution in [3.05, 3.63) is 42.2 Å². The minimum atomic E-state index is -0.00155. The van der Waals surface area contributed by atoms with E-state index in [1.807, 2.05) is 29.2 Å². The third kappa shape index (κ3) is 2.99. The van der Waals surface area contributed by atoms with Gasteiger partial charge >= 0.3 is 0 Å². The number of anilines is 2. The van der Waals surface area contributed by atoms with Crippen molar-refractivity contribution in [2.24, 2.45) is 0 Å². The lowest BCUT2D eigenvalue weighted by molar-refractivity contribution is 0.0787. The zero-order valence-electron chi connectivity index (χ0n) is 13.3. The summed E-state index contributed by atoms with van der Waals surface area (Å²) in [5.74, 6) is 1.48. The van der Waals surface area contributed by atoms with E-state index in [0.29, 0.717) is 18.9 Å². The summed E-state index contributed by atoms with van der Waals surface area (Å²) in [6.07, 6.45) is 3.80. The molecule has 2 aliphatic heterocycles. The third-order valence-corrected chi connectivity index (χ3v) is 4.20. The summed E-state index contributed by atoms with van der Waals surface area (Å²) >= 11 is 0. The van der Waals surface area contributed by atoms with Gasteiger partial charge in [0.15, 0.2) is 11.5 Å². The van der Waals surface area contributed by atoms with Crippen molar-refractivity contribution in [2.45, 2.75) is 12.8 Å². The van der Waals surface area contributed by atoms with Crippen LogP contribution in [-0.4, -0.2) is 42.1 Å². The molecule has 6 nitrogen and oxygen atoms in total. The summed E-state index contributed by atoms with van der Waals surface area (Å²) in [5.41, 5.74) is 2.17. The summed E-state index contributed by atoms with van der Waals surface area (Å²) in [7, 11) is 0. The Balaban J connectivity index is 1.52. The molecule has 6 heteroatoms. The van der Waals surface area contributed by atoms with E-state index in [2.05, 4.69) is 10.3 Å². The average molecular weight is 325 g/mol. The largest absolute Gasteiger partial charge is 0.486 e. The number of nitrogens with zero attached hydrogens (tertiary/aromatic N) is 2. The van der Waals surface area contributed by atoms with Crippen LogP contribution in [0.25, 0.3) is 0 Å². The molecule has 0 atom stereocenters. The van der Waals surface area contributed by atoms with Crippen LogP contribution < -0.4 is 14.8 Å². The highest BCUT2D eigenvalue weighted by atomic mass is 16.6. The maximum atomic E-state index is 12.4. The van der Waals surface area contributed by atoms with E-state index >= 15 is 0 Å². The van der Waals surface area contributed by atoms with Gasteiger partial charge in [-0.2, -0.15) is 0 Å². The molecule has 0 saturated carbocycles. The summed E-state index contributed by atoms with van der Waals surface area (Å²) < 4.78 is 11.1. The number of aromatic nitrogens is 1. The van der Waals surface area contributed by atoms with Crippen molar-refractivity contribution in [1.82, 2.24) is 9.88 Å². The van der Waals surface area contributed by atoms with Gasteiger partial charge < -0.3 is 19.7 Å². The molecule has 2 aliphatic rings. The summed E-state index contributed by atoms with van der Waals surface area (Å²) in [4.78, 5) is 18.5. The van der Waals surface area contributed by atoms with Gasteiger partial charge in [-0.3, -0.25) is 9.78 Å². The molecule has 2 aromatic rings. The predicted molar refractivity (Wildman–Crippen MR) is 90.1 cm³/mol. The Morgan fingerprint density at radius 1 is 1.00 bits per heavy atom. The molecule has 1 saturated heterocycles. The van der Waals surface area contributed by atoms with Gasteiger partial charge in [0.1, 0.15) is 18.9 Å². The van der Waals surface area contributed by atoms with E-state index in [0.717, 1.165) is 48.8 Å². The second kappa shape index (κ2) is 6.39. The normalized spacial score (nSPS) is 16.1. The second-order valence-electron chi connectivity index (χ2n) is 5.91. The van der Waals surface area contributed by atoms with Crippen LogP contribution in [0.4, 0.5) is 11.4 Å². The van der Waals surface area contributed by atoms with Crippen molar-refractivity contribution >= 4 is 17.3 Å². The number of rotatable bonds is 3. The van der Waals surface area contributed by atoms with E-state index in [1.165, 1.54) is 0 Å². The van der Waals surface area contributed by atoms with E-state index in [4.69, 9.17) is 9.47 Å². The van der Waals surface area contributed by atoms with Crippen molar-refractivity contribution in [3.8, 4) is 11.5 Å². The Kier molecular flexibility index (Phi) is 3.94. The van der Waals surface area contributed by atoms with Gasteiger partial charge in [-0.1, -0.05) is 0 Å². The molecule has 0 unspecified atom stereocenters. The summed E-state index contributed by atoms with van der Waals surface area (Å²) in [6.45, 7) is 2.77. The first kappa shape index (κ1) is 14.8. The molecule has 0 aliphatic carbocycles. The Bertz CT molecular complexity index is 757. The Morgan fingerprint density at radius 3 is 2.58 bits per heavy atom. The van der Waals surface area contributed by atoms with Crippen LogP contribution in [0, 0.1) is 0 Å². The molecule has 24 heavy (non-hydrogen) atoms. The minimum Gasteiger partial charge on any atom is -0.486 e. The maximum Gasteiger partial charge on any atom is 0.272 e. The van der Waals surface area contributed by atoms with E-state index < -0.39 is 0 Å². The highest BCUT2D eigenvalue weighted by Crippen LogP contribution is 2.33. The van der Waals surface area contributed by atoms with Crippen LogP contribution in [-0.2, 0) is 0 Å². The third-order valence-electron chi connectivity index (χ3n) is 4.20. The lowest BCUT2D eigenvalue weighted by atomic mass is 10.2. The SMILES string of the molecule is O=C(c1cc(Nc2ccc3c(c2)OCCO3)ccn1)N1CCCC1. The lowest BCUT2D eigenvalue weighted by Gasteiger charge is -2.19. The van der Waals surface area contributed by atoms with Gasteiger partial charge in [0.2, 0.25) is 0 Å². The van der Waals surface area contributed by atoms with E-state index in [1.54, 1.807) is 12.3 Å². The van der Waals surface area contributed by atoms with Crippen LogP contribution >= 0.6 is 0 Å². The maximum absolute atomic E-state index is 12.4. The van der Waals surface area contributed by atoms with Crippen molar-refractivity contribution in [3.63, 3.8) is 0 Å². The quantitative estimate of drug-likeness (QED) is 0.940. The Morgan fingerprint density at radius 2 is 1.75 bits per heavy atom. The second-order valence-corrected chi connectivity index (χ2v) is 5.91. The number of pyridine rings is 1. The minimum absolute atomic E-state index is 0.00155. The molecule has 0 radical (unpaired) electrons. The number of hydrogen-bond donors (Lipinski definition) is 1. The predicted octanol–water partition coefficient (Wildman–Crippen LogP) is 2.83. The average Bonchev–Trinajstić information content (AvgIpc) is 3.16. The number of fused-ring (bicyclic) bond motifs is 1. The van der Waals surface area contributed by atoms with Crippen LogP contribution in [0.3, 0.4) is 0 Å². The molecule has 1 N–H and O–H groups in total. The van der Waals surface area contributed by atoms with Gasteiger partial charge in [-0.05, 0) is 37.1 Å². The van der Waals surface area contributed by atoms with Gasteiger partial charge in [-0.25, -0.2) is 0 Å². The topological polar surface area (TPSA) is 63.7 Å². The van der Waals surface area contributed by atoms with Crippen molar-refractivity contribution in [1.29, 1.82) is 0 Å². The number of nitrogens with one attached hydrogen (secondary N) is 1. The van der Waals surface area contributed by atoms with Gasteiger partial charge in [0, 0.05) is 36.7 Å². The smallest absolute Gasteiger partial charge is 0.272 e. The number of carbonyl (C=O) groups is 1. The molecule has 1 aromatic heterocycles. The number of ether oxygens (including phenoxy) is 2. The standard InChI is InChI=1S/C18H19N3O3/c22-18(21-7-1-2-8-21)15-11-14(5-6-19-15)20-13-3-4-16-17(12-13)24-10-9-23-16/h3-6,11-12H,1-2,7-10H2,(H,19,20). The molecule has 124 valence electrons. The lowest BCUT2D eigenvalue weighted by Crippen LogP contribution is -2.28. The first-order valence-corrected chi connectivity index (χ1v) is 8.21. The zero-order chi connectivity index (χ0) is 16.4. The van der Waals surface area contributed by atoms with Crippen LogP contribution in [0.5, 0.6) is 11.5 Å². The zero-order valence-corrected chi connectivity index (χ0v) is 13.3. The highest BCUT2D eigenvalue weighted by Gasteiger charge is 2.20. The number of benzene rings is 1. The van der Waals surface area contributed by atoms with E-state index in [9.17, 15) is 4.79 Å². The highest BCUT2D eigenvalue weighted by molar-refractivity contribution is 5.93. The fourth-order valence-electron chi connectivity index (χ4n) is 3.00. The molecular weight excluding hydrogens is 306 g/mol. The van der Waals surface area contributed by atoms with Crippen LogP contribution in [0.2, 0.25) is 0 Å². The number of amides is 1. The van der Waals surface area contributed by atoms with Crippen LogP contribution in [0.1, 0.15) is 23.3 Å². The first-order chi connectivity index (χ1) is 11.8. The number of likely N-dealkylation sites (tertiary alicyclic amines) is 1. The molecule has 1 fully saturated rings. The van der Waals surface area contributed by atoms with Crippen LogP contribution in [0.15, 0.2) is 36.5 Å². The first-order valence-electron chi connectivity index (χ1n) is 8.21. The summed E-state index contributed by atoms with van der Waals surface area (Å²) in [6, 6.07) is 9.34. The Hall–Kier alpha value is -2.76. The fraction of sp³-hybridized carbons (Fsp3) is 0.333. The molecular formula is C18H19N3O3. The van der Waals surface area contributed by atoms with Crippen molar-refractivity contribution in [2.75, 3.05) is 31.6 Å². The summed E-state index contributed by atoms with van der Waals surface area (Å²) in [5, 5.41) is 3.29. The van der Waals surface area contributed by atoms with Gasteiger partial charge in [-0.15, -0.1) is 0 Å². The molecule has 0 bridgehead atoms. The monoisotopic (exact) mass is 325 g/mol. The number of carbonyl (C=O) groups excluding carboxylic acids is 1. The van der Waals surface area contributed by atoms with Gasteiger partial charge in [0.25, 0.3) is 5.91 Å². The molecule has 1 amide bonds. The molecule has 3 heterocycles. The molecule has 4 rings (SSSR count). The van der Waals surface area contributed by atoms with Crippen molar-refractivity contribution < 1.29 is 14.3 Å². The van der Waals surface area contributed by atoms with Gasteiger partial charge in [0.05, 0.1) is 0 Å². The Labute approximate surface area is 140 Å². The molecule has 0 spiro atoms. The fourth-order valence-corrected chi connectivity index (χ4v) is 3.00.